The molecular weight excluding hydrogens is 220 g/mol. The standard InChI is InChI=1S/C13H16O4/c1-15-12-5-4-10(3-2-6-14)7-13(12)17-11-8-16-9-11/h4-7,11H,2-3,8-9H2,1H3. The second-order valence-corrected chi connectivity index (χ2v) is 3.97. The highest BCUT2D eigenvalue weighted by molar-refractivity contribution is 5.51. The highest BCUT2D eigenvalue weighted by atomic mass is 16.6. The Morgan fingerprint density at radius 2 is 2.24 bits per heavy atom. The number of hydrogen-bond acceptors (Lipinski definition) is 4. The van der Waals surface area contributed by atoms with E-state index >= 15 is 0 Å². The van der Waals surface area contributed by atoms with E-state index in [1.165, 1.54) is 0 Å². The Bertz CT molecular complexity index is 385. The molecule has 0 aliphatic carbocycles. The van der Waals surface area contributed by atoms with Crippen molar-refractivity contribution in [3.05, 3.63) is 23.8 Å². The smallest absolute Gasteiger partial charge is 0.162 e. The SMILES string of the molecule is COc1ccc(CCC=O)cc1OC1COC1. The van der Waals surface area contributed by atoms with Crippen LogP contribution < -0.4 is 9.47 Å². The Kier molecular flexibility index (Phi) is 3.98. The van der Waals surface area contributed by atoms with Gasteiger partial charge in [-0.2, -0.15) is 0 Å². The molecule has 4 nitrogen and oxygen atoms in total. The Labute approximate surface area is 100 Å². The molecule has 1 aliphatic rings. The van der Waals surface area contributed by atoms with Crippen molar-refractivity contribution < 1.29 is 19.0 Å². The maximum absolute atomic E-state index is 10.3. The Morgan fingerprint density at radius 3 is 2.82 bits per heavy atom. The zero-order chi connectivity index (χ0) is 12.1. The fraction of sp³-hybridized carbons (Fsp3) is 0.462. The second-order valence-electron chi connectivity index (χ2n) is 3.97. The van der Waals surface area contributed by atoms with Gasteiger partial charge in [0.15, 0.2) is 11.5 Å². The van der Waals surface area contributed by atoms with Crippen molar-refractivity contribution in [3.8, 4) is 11.5 Å². The topological polar surface area (TPSA) is 44.8 Å². The van der Waals surface area contributed by atoms with Gasteiger partial charge < -0.3 is 19.0 Å². The predicted octanol–water partition coefficient (Wildman–Crippen LogP) is 1.60. The van der Waals surface area contributed by atoms with Crippen LogP contribution in [0.2, 0.25) is 0 Å². The van der Waals surface area contributed by atoms with Crippen LogP contribution in [0, 0.1) is 0 Å². The molecule has 92 valence electrons. The number of benzene rings is 1. The predicted molar refractivity (Wildman–Crippen MR) is 62.6 cm³/mol. The third-order valence-electron chi connectivity index (χ3n) is 2.68. The summed E-state index contributed by atoms with van der Waals surface area (Å²) >= 11 is 0. The van der Waals surface area contributed by atoms with Crippen molar-refractivity contribution in [1.82, 2.24) is 0 Å². The van der Waals surface area contributed by atoms with Crippen molar-refractivity contribution in [2.45, 2.75) is 18.9 Å². The van der Waals surface area contributed by atoms with E-state index in [1.54, 1.807) is 7.11 Å². The number of hydrogen-bond donors (Lipinski definition) is 0. The minimum Gasteiger partial charge on any atom is -0.493 e. The van der Waals surface area contributed by atoms with Gasteiger partial charge in [0, 0.05) is 6.42 Å². The van der Waals surface area contributed by atoms with Gasteiger partial charge in [-0.15, -0.1) is 0 Å². The summed E-state index contributed by atoms with van der Waals surface area (Å²) in [5.74, 6) is 1.44. The van der Waals surface area contributed by atoms with Crippen LogP contribution in [-0.4, -0.2) is 32.7 Å². The van der Waals surface area contributed by atoms with Gasteiger partial charge in [-0.3, -0.25) is 0 Å². The quantitative estimate of drug-likeness (QED) is 0.704. The van der Waals surface area contributed by atoms with Crippen molar-refractivity contribution >= 4 is 6.29 Å². The third-order valence-corrected chi connectivity index (χ3v) is 2.68. The van der Waals surface area contributed by atoms with Gasteiger partial charge >= 0.3 is 0 Å². The number of aryl methyl sites for hydroxylation is 1. The lowest BCUT2D eigenvalue weighted by molar-refractivity contribution is -0.107. The number of rotatable bonds is 6. The summed E-state index contributed by atoms with van der Waals surface area (Å²) in [6.45, 7) is 1.25. The molecule has 0 unspecified atom stereocenters. The molecule has 2 rings (SSSR count). The normalized spacial score (nSPS) is 15.1. The minimum absolute atomic E-state index is 0.116. The van der Waals surface area contributed by atoms with E-state index in [4.69, 9.17) is 14.2 Å². The number of methoxy groups -OCH3 is 1. The first-order valence-corrected chi connectivity index (χ1v) is 5.68. The van der Waals surface area contributed by atoms with E-state index in [1.807, 2.05) is 18.2 Å². The molecule has 0 saturated carbocycles. The van der Waals surface area contributed by atoms with Gasteiger partial charge in [0.25, 0.3) is 0 Å². The number of carbonyl (C=O) groups excluding carboxylic acids is 1. The van der Waals surface area contributed by atoms with E-state index in [0.29, 0.717) is 25.4 Å². The molecule has 17 heavy (non-hydrogen) atoms. The minimum atomic E-state index is 0.116. The molecule has 0 atom stereocenters. The molecule has 0 radical (unpaired) electrons. The van der Waals surface area contributed by atoms with Gasteiger partial charge in [-0.25, -0.2) is 0 Å². The summed E-state index contributed by atoms with van der Waals surface area (Å²) < 4.78 is 16.1. The van der Waals surface area contributed by atoms with Gasteiger partial charge in [0.2, 0.25) is 0 Å². The number of carbonyl (C=O) groups is 1. The first kappa shape index (κ1) is 11.9. The monoisotopic (exact) mass is 236 g/mol. The lowest BCUT2D eigenvalue weighted by Gasteiger charge is -2.27. The first-order chi connectivity index (χ1) is 8.33. The second kappa shape index (κ2) is 5.68. The Balaban J connectivity index is 2.10. The molecule has 1 aromatic carbocycles. The van der Waals surface area contributed by atoms with Crippen molar-refractivity contribution in [2.75, 3.05) is 20.3 Å². The molecule has 0 aromatic heterocycles. The van der Waals surface area contributed by atoms with Crippen LogP contribution in [0.15, 0.2) is 18.2 Å². The molecule has 0 amide bonds. The molecule has 0 N–H and O–H groups in total. The molecule has 1 aliphatic heterocycles. The van der Waals surface area contributed by atoms with Crippen LogP contribution in [0.4, 0.5) is 0 Å². The summed E-state index contributed by atoms with van der Waals surface area (Å²) in [6, 6.07) is 5.75. The van der Waals surface area contributed by atoms with Gasteiger partial charge in [-0.05, 0) is 24.1 Å². The van der Waals surface area contributed by atoms with Crippen molar-refractivity contribution in [1.29, 1.82) is 0 Å². The van der Waals surface area contributed by atoms with Crippen LogP contribution in [0.5, 0.6) is 11.5 Å². The summed E-state index contributed by atoms with van der Waals surface area (Å²) in [4.78, 5) is 10.3. The van der Waals surface area contributed by atoms with Crippen LogP contribution in [0.25, 0.3) is 0 Å². The third kappa shape index (κ3) is 2.97. The summed E-state index contributed by atoms with van der Waals surface area (Å²) in [5, 5.41) is 0. The molecule has 4 heteroatoms. The average Bonchev–Trinajstić information content (AvgIpc) is 2.31. The fourth-order valence-corrected chi connectivity index (χ4v) is 1.66. The van der Waals surface area contributed by atoms with E-state index in [2.05, 4.69) is 0 Å². The Morgan fingerprint density at radius 1 is 1.41 bits per heavy atom. The van der Waals surface area contributed by atoms with E-state index in [0.717, 1.165) is 24.0 Å². The van der Waals surface area contributed by atoms with Gasteiger partial charge in [0.05, 0.1) is 20.3 Å². The average molecular weight is 236 g/mol. The molecular formula is C13H16O4. The number of aldehydes is 1. The molecule has 1 saturated heterocycles. The lowest BCUT2D eigenvalue weighted by Crippen LogP contribution is -2.38. The molecule has 0 bridgehead atoms. The zero-order valence-corrected chi connectivity index (χ0v) is 9.85. The van der Waals surface area contributed by atoms with Crippen LogP contribution >= 0.6 is 0 Å². The number of ether oxygens (including phenoxy) is 3. The van der Waals surface area contributed by atoms with Crippen LogP contribution in [-0.2, 0) is 16.0 Å². The summed E-state index contributed by atoms with van der Waals surface area (Å²) in [7, 11) is 1.62. The van der Waals surface area contributed by atoms with Crippen LogP contribution in [0.3, 0.4) is 0 Å². The molecule has 1 fully saturated rings. The fourth-order valence-electron chi connectivity index (χ4n) is 1.66. The molecule has 1 aromatic rings. The Hall–Kier alpha value is -1.55. The van der Waals surface area contributed by atoms with E-state index in [9.17, 15) is 4.79 Å². The van der Waals surface area contributed by atoms with Gasteiger partial charge in [0.1, 0.15) is 12.4 Å². The molecule has 1 heterocycles. The zero-order valence-electron chi connectivity index (χ0n) is 9.85. The molecule has 0 spiro atoms. The summed E-state index contributed by atoms with van der Waals surface area (Å²) in [5.41, 5.74) is 1.08. The maximum Gasteiger partial charge on any atom is 0.162 e. The van der Waals surface area contributed by atoms with Gasteiger partial charge in [-0.1, -0.05) is 6.07 Å². The van der Waals surface area contributed by atoms with E-state index in [-0.39, 0.29) is 6.10 Å². The maximum atomic E-state index is 10.3. The van der Waals surface area contributed by atoms with Crippen LogP contribution in [0.1, 0.15) is 12.0 Å². The van der Waals surface area contributed by atoms with Crippen molar-refractivity contribution in [3.63, 3.8) is 0 Å². The van der Waals surface area contributed by atoms with Crippen molar-refractivity contribution in [2.24, 2.45) is 0 Å². The summed E-state index contributed by atoms with van der Waals surface area (Å²) in [6.07, 6.45) is 2.29. The first-order valence-electron chi connectivity index (χ1n) is 5.68. The van der Waals surface area contributed by atoms with E-state index < -0.39 is 0 Å². The highest BCUT2D eigenvalue weighted by Crippen LogP contribution is 2.30. The highest BCUT2D eigenvalue weighted by Gasteiger charge is 2.21. The largest absolute Gasteiger partial charge is 0.493 e. The lowest BCUT2D eigenvalue weighted by atomic mass is 10.1.